The average molecular weight is 627 g/mol. The Bertz CT molecular complexity index is 912. The van der Waals surface area contributed by atoms with E-state index in [1.54, 1.807) is 0 Å². The second-order valence-electron chi connectivity index (χ2n) is 11.8. The maximum Gasteiger partial charge on any atom is 0.249 e. The van der Waals surface area contributed by atoms with E-state index in [1.807, 2.05) is 0 Å². The maximum absolute atomic E-state index is 16.4. The summed E-state index contributed by atoms with van der Waals surface area (Å²) in [4.78, 5) is 12.7. The number of hydrogen-bond donors (Lipinski definition) is 12. The van der Waals surface area contributed by atoms with E-state index in [0.717, 1.165) is 12.8 Å². The third-order valence-corrected chi connectivity index (χ3v) is 8.47. The normalized spacial score (nSPS) is 46.3. The number of hydrogen-bond acceptors (Lipinski definition) is 16. The number of carbonyl (C=O) groups is 1. The number of amides is 1. The minimum Gasteiger partial charge on any atom is -0.389 e. The van der Waals surface area contributed by atoms with E-state index >= 15 is 4.39 Å². The molecule has 2 heterocycles. The molecule has 4 fully saturated rings. The molecular weight excluding hydrogens is 579 g/mol. The Kier molecular flexibility index (Phi) is 12.0. The minimum atomic E-state index is -2.17. The molecule has 16 atom stereocenters. The maximum atomic E-state index is 16.4. The summed E-state index contributed by atoms with van der Waals surface area (Å²) in [5.41, 5.74) is 23.3. The van der Waals surface area contributed by atoms with Crippen LogP contribution >= 0.6 is 0 Å². The lowest BCUT2D eigenvalue weighted by molar-refractivity contribution is -0.326. The standard InChI is InChI=1S/C25H47FN6O11/c26-14-21(42-25-20(38)19(37)17(35)12(6-28)40-25)9(29)5-10(32-23(39)11(33)3-4-27)22(14)43-24-18(36)15(30)16(34)13(41-24)7-31-8-1-2-8/h8-22,24-25,31,33-38H,1-7,27-30H2,(H,32,39)/t9-,10-,11+,12-,13+,14+,15-,16+,17-,18+,19+,20-,21-,22-,24+,25+/m1/s1. The third kappa shape index (κ3) is 7.97. The van der Waals surface area contributed by atoms with E-state index < -0.39 is 104 Å². The molecular formula is C25H47FN6O11. The number of aliphatic hydroxyl groups is 6. The summed E-state index contributed by atoms with van der Waals surface area (Å²) in [5, 5.41) is 68.0. The Morgan fingerprint density at radius 3 is 2.16 bits per heavy atom. The molecule has 43 heavy (non-hydrogen) atoms. The average Bonchev–Trinajstić information content (AvgIpc) is 3.81. The number of nitrogens with two attached hydrogens (primary N) is 4. The summed E-state index contributed by atoms with van der Waals surface area (Å²) >= 11 is 0. The van der Waals surface area contributed by atoms with Gasteiger partial charge in [-0.2, -0.15) is 0 Å². The van der Waals surface area contributed by atoms with Crippen molar-refractivity contribution >= 4 is 5.91 Å². The zero-order valence-electron chi connectivity index (χ0n) is 23.7. The van der Waals surface area contributed by atoms with Gasteiger partial charge in [0, 0.05) is 25.2 Å². The summed E-state index contributed by atoms with van der Waals surface area (Å²) < 4.78 is 39.3. The van der Waals surface area contributed by atoms with E-state index in [9.17, 15) is 35.4 Å². The highest BCUT2D eigenvalue weighted by Crippen LogP contribution is 2.33. The van der Waals surface area contributed by atoms with Crippen molar-refractivity contribution in [3.8, 4) is 0 Å². The highest BCUT2D eigenvalue weighted by Gasteiger charge is 2.53. The summed E-state index contributed by atoms with van der Waals surface area (Å²) in [5.74, 6) is -0.861. The number of ether oxygens (including phenoxy) is 4. The van der Waals surface area contributed by atoms with Crippen molar-refractivity contribution in [2.75, 3.05) is 19.6 Å². The molecule has 0 unspecified atom stereocenters. The molecule has 2 aliphatic heterocycles. The van der Waals surface area contributed by atoms with Gasteiger partial charge in [0.2, 0.25) is 5.91 Å². The molecule has 4 rings (SSSR count). The molecule has 0 aromatic rings. The van der Waals surface area contributed by atoms with Crippen molar-refractivity contribution in [3.05, 3.63) is 0 Å². The molecule has 17 nitrogen and oxygen atoms in total. The largest absolute Gasteiger partial charge is 0.389 e. The van der Waals surface area contributed by atoms with Gasteiger partial charge in [-0.1, -0.05) is 0 Å². The molecule has 0 spiro atoms. The lowest BCUT2D eigenvalue weighted by atomic mass is 9.84. The topological polar surface area (TPSA) is 304 Å². The van der Waals surface area contributed by atoms with Gasteiger partial charge in [-0.25, -0.2) is 4.39 Å². The van der Waals surface area contributed by atoms with Gasteiger partial charge in [-0.3, -0.25) is 4.79 Å². The predicted molar refractivity (Wildman–Crippen MR) is 144 cm³/mol. The summed E-state index contributed by atoms with van der Waals surface area (Å²) in [6.07, 6.45) is -18.3. The van der Waals surface area contributed by atoms with Crippen LogP contribution in [0.4, 0.5) is 4.39 Å². The molecule has 4 aliphatic rings. The number of nitrogens with one attached hydrogen (secondary N) is 2. The van der Waals surface area contributed by atoms with Crippen molar-refractivity contribution in [3.63, 3.8) is 0 Å². The summed E-state index contributed by atoms with van der Waals surface area (Å²) in [6, 6.07) is -3.26. The van der Waals surface area contributed by atoms with Gasteiger partial charge in [0.25, 0.3) is 0 Å². The van der Waals surface area contributed by atoms with Crippen LogP contribution in [0.2, 0.25) is 0 Å². The molecule has 0 aromatic carbocycles. The van der Waals surface area contributed by atoms with Gasteiger partial charge in [0.15, 0.2) is 18.8 Å². The van der Waals surface area contributed by atoms with Crippen molar-refractivity contribution in [1.82, 2.24) is 10.6 Å². The summed E-state index contributed by atoms with van der Waals surface area (Å²) in [7, 11) is 0. The number of rotatable bonds is 12. The Labute approximate surface area is 247 Å². The number of carbonyl (C=O) groups excluding carboxylic acids is 1. The van der Waals surface area contributed by atoms with Crippen molar-refractivity contribution in [2.24, 2.45) is 22.9 Å². The molecule has 0 radical (unpaired) electrons. The van der Waals surface area contributed by atoms with E-state index in [4.69, 9.17) is 41.9 Å². The lowest BCUT2D eigenvalue weighted by Gasteiger charge is -2.48. The lowest BCUT2D eigenvalue weighted by Crippen LogP contribution is -2.69. The first-order valence-corrected chi connectivity index (χ1v) is 14.7. The number of alkyl halides is 1. The minimum absolute atomic E-state index is 0.00695. The van der Waals surface area contributed by atoms with Gasteiger partial charge < -0.3 is 83.2 Å². The Balaban J connectivity index is 1.54. The zero-order valence-corrected chi connectivity index (χ0v) is 23.7. The van der Waals surface area contributed by atoms with E-state index in [2.05, 4.69) is 10.6 Å². The highest BCUT2D eigenvalue weighted by atomic mass is 19.1. The molecule has 0 aromatic heterocycles. The number of aliphatic hydroxyl groups excluding tert-OH is 6. The van der Waals surface area contributed by atoms with E-state index in [-0.39, 0.29) is 38.5 Å². The fraction of sp³-hybridized carbons (Fsp3) is 0.960. The van der Waals surface area contributed by atoms with Crippen LogP contribution in [0, 0.1) is 0 Å². The van der Waals surface area contributed by atoms with Gasteiger partial charge >= 0.3 is 0 Å². The van der Waals surface area contributed by atoms with Crippen LogP contribution in [0.3, 0.4) is 0 Å². The van der Waals surface area contributed by atoms with Crippen LogP contribution in [0.25, 0.3) is 0 Å². The molecule has 2 saturated carbocycles. The van der Waals surface area contributed by atoms with Gasteiger partial charge in [-0.05, 0) is 32.2 Å². The first-order chi connectivity index (χ1) is 20.4. The third-order valence-electron chi connectivity index (χ3n) is 8.47. The zero-order chi connectivity index (χ0) is 31.6. The molecule has 250 valence electrons. The van der Waals surface area contributed by atoms with Crippen LogP contribution in [-0.2, 0) is 23.7 Å². The van der Waals surface area contributed by atoms with Gasteiger partial charge in [-0.15, -0.1) is 0 Å². The Morgan fingerprint density at radius 1 is 0.907 bits per heavy atom. The van der Waals surface area contributed by atoms with Gasteiger partial charge in [0.05, 0.1) is 18.2 Å². The molecule has 2 aliphatic carbocycles. The Morgan fingerprint density at radius 2 is 1.53 bits per heavy atom. The fourth-order valence-corrected chi connectivity index (χ4v) is 5.61. The van der Waals surface area contributed by atoms with Crippen molar-refractivity contribution in [1.29, 1.82) is 0 Å². The molecule has 1 amide bonds. The highest BCUT2D eigenvalue weighted by molar-refractivity contribution is 5.80. The molecule has 0 bridgehead atoms. The fourth-order valence-electron chi connectivity index (χ4n) is 5.61. The quantitative estimate of drug-likeness (QED) is 0.0958. The van der Waals surface area contributed by atoms with Crippen molar-refractivity contribution < 1.29 is 58.8 Å². The van der Waals surface area contributed by atoms with Crippen LogP contribution in [-0.4, -0.2) is 160 Å². The monoisotopic (exact) mass is 626 g/mol. The van der Waals surface area contributed by atoms with Crippen LogP contribution < -0.4 is 33.6 Å². The molecule has 2 saturated heterocycles. The SMILES string of the molecule is NCC[C@H](O)C(=O)N[C@@H]1C[C@@H](N)[C@@H](O[C@@H]2O[C@H](CN)[C@@H](O)[C@H](O)[C@H]2O)[C@H](F)[C@@H]1O[C@@H]1O[C@@H](CNC2CC2)[C@H](O)[C@@H](N)[C@@H]1O. The first-order valence-electron chi connectivity index (χ1n) is 14.7. The second kappa shape index (κ2) is 14.9. The molecule has 18 heteroatoms. The smallest absolute Gasteiger partial charge is 0.249 e. The van der Waals surface area contributed by atoms with E-state index in [1.165, 1.54) is 0 Å². The predicted octanol–water partition coefficient (Wildman–Crippen LogP) is -6.69. The van der Waals surface area contributed by atoms with E-state index in [0.29, 0.717) is 0 Å². The molecule has 16 N–H and O–H groups in total. The van der Waals surface area contributed by atoms with Crippen LogP contribution in [0.5, 0.6) is 0 Å². The van der Waals surface area contributed by atoms with Crippen molar-refractivity contribution in [2.45, 2.75) is 130 Å². The van der Waals surface area contributed by atoms with Crippen LogP contribution in [0.15, 0.2) is 0 Å². The summed E-state index contributed by atoms with van der Waals surface area (Å²) in [6.45, 7) is -0.0520. The first kappa shape index (κ1) is 34.7. The van der Waals surface area contributed by atoms with Crippen LogP contribution in [0.1, 0.15) is 25.7 Å². The van der Waals surface area contributed by atoms with Gasteiger partial charge in [0.1, 0.15) is 54.9 Å². The number of halogens is 1. The second-order valence-corrected chi connectivity index (χ2v) is 11.8. The Hall–Kier alpha value is -1.20.